The average molecular weight is 351 g/mol. The molecule has 0 unspecified atom stereocenters. The first-order valence-electron chi connectivity index (χ1n) is 9.95. The lowest BCUT2D eigenvalue weighted by molar-refractivity contribution is 0.504. The summed E-state index contributed by atoms with van der Waals surface area (Å²) in [6.45, 7) is 0. The Morgan fingerprint density at radius 1 is 0.240 bits per heavy atom. The van der Waals surface area contributed by atoms with Crippen LogP contribution in [-0.2, 0) is 0 Å². The lowest BCUT2D eigenvalue weighted by Crippen LogP contribution is -1.85. The van der Waals surface area contributed by atoms with Crippen molar-refractivity contribution in [1.82, 2.24) is 0 Å². The molecule has 0 aromatic heterocycles. The van der Waals surface area contributed by atoms with Gasteiger partial charge in [-0.15, -0.1) is 0 Å². The van der Waals surface area contributed by atoms with Gasteiger partial charge in [-0.05, 0) is 70.6 Å². The van der Waals surface area contributed by atoms with Gasteiger partial charge in [0.1, 0.15) is 0 Å². The normalized spacial score (nSPS) is 19.2. The van der Waals surface area contributed by atoms with Crippen LogP contribution in [0.25, 0.3) is 0 Å². The molecular formula is C25H50. The molecule has 4 aliphatic carbocycles. The molecule has 0 aromatic carbocycles. The van der Waals surface area contributed by atoms with E-state index in [0.29, 0.717) is 0 Å². The smallest absolute Gasteiger partial charge is 0.0348 e. The Labute approximate surface area is 161 Å². The highest BCUT2D eigenvalue weighted by molar-refractivity contribution is 4.88. The van der Waals surface area contributed by atoms with Crippen molar-refractivity contribution in [2.24, 2.45) is 0 Å². The Morgan fingerprint density at radius 3 is 0.640 bits per heavy atom. The van der Waals surface area contributed by atoms with Gasteiger partial charge in [0.15, 0.2) is 0 Å². The van der Waals surface area contributed by atoms with Gasteiger partial charge < -0.3 is 0 Å². The summed E-state index contributed by atoms with van der Waals surface area (Å²) in [7, 11) is 0. The lowest BCUT2D eigenvalue weighted by atomic mass is 10.0. The molecule has 0 aromatic rings. The van der Waals surface area contributed by atoms with E-state index in [2.05, 4.69) is 36.5 Å². The maximum absolute atomic E-state index is 2.30. The van der Waals surface area contributed by atoms with Gasteiger partial charge in [-0.3, -0.25) is 0 Å². The topological polar surface area (TPSA) is 0 Å². The van der Waals surface area contributed by atoms with Crippen LogP contribution in [0.1, 0.15) is 125 Å². The van der Waals surface area contributed by atoms with Crippen LogP contribution < -0.4 is 0 Å². The van der Waals surface area contributed by atoms with Gasteiger partial charge in [0, 0.05) is 0 Å². The Balaban J connectivity index is -0.000000252. The standard InChI is InChI=1S/C7H12.C6H10.C5H8.C4H8.3CH4/c1-2-4-6-7-5-3-1;1-2-4-6-5-3-1;1-2-4-5-3-1;1-2-4-3-1;;;/h1-2H,3-7H2;1-2H,3-6H2;1-2H,3-5H2;1-4H2;3*1H4. The zero-order valence-electron chi connectivity index (χ0n) is 14.8. The fourth-order valence-corrected chi connectivity index (χ4v) is 2.54. The van der Waals surface area contributed by atoms with E-state index in [9.17, 15) is 0 Å². The zero-order valence-corrected chi connectivity index (χ0v) is 14.8. The van der Waals surface area contributed by atoms with Crippen molar-refractivity contribution < 1.29 is 0 Å². The van der Waals surface area contributed by atoms with E-state index < -0.39 is 0 Å². The van der Waals surface area contributed by atoms with Crippen LogP contribution in [0.3, 0.4) is 0 Å². The van der Waals surface area contributed by atoms with Crippen molar-refractivity contribution in [3.05, 3.63) is 36.5 Å². The van der Waals surface area contributed by atoms with Crippen LogP contribution in [0.15, 0.2) is 36.5 Å². The quantitative estimate of drug-likeness (QED) is 0.381. The van der Waals surface area contributed by atoms with Crippen LogP contribution in [0.5, 0.6) is 0 Å². The fraction of sp³-hybridized carbons (Fsp3) is 0.760. The molecule has 0 nitrogen and oxygen atoms in total. The van der Waals surface area contributed by atoms with Crippen LogP contribution >= 0.6 is 0 Å². The first-order valence-corrected chi connectivity index (χ1v) is 9.95. The summed E-state index contributed by atoms with van der Waals surface area (Å²) in [5.74, 6) is 0. The molecule has 4 rings (SSSR count). The van der Waals surface area contributed by atoms with Crippen molar-refractivity contribution in [3.63, 3.8) is 0 Å². The van der Waals surface area contributed by atoms with Crippen LogP contribution in [0.2, 0.25) is 0 Å². The van der Waals surface area contributed by atoms with Gasteiger partial charge in [0.25, 0.3) is 0 Å². The minimum absolute atomic E-state index is 0. The Morgan fingerprint density at radius 2 is 0.440 bits per heavy atom. The molecule has 0 heteroatoms. The highest BCUT2D eigenvalue weighted by Gasteiger charge is 1.95. The molecule has 0 amide bonds. The fourth-order valence-electron chi connectivity index (χ4n) is 2.54. The molecule has 0 saturated heterocycles. The average Bonchev–Trinajstić information content (AvgIpc) is 2.96. The Bertz CT molecular complexity index is 265. The van der Waals surface area contributed by atoms with Crippen molar-refractivity contribution in [2.45, 2.75) is 125 Å². The summed E-state index contributed by atoms with van der Waals surface area (Å²) >= 11 is 0. The molecule has 0 radical (unpaired) electrons. The molecular weight excluding hydrogens is 300 g/mol. The molecule has 0 spiro atoms. The predicted molar refractivity (Wildman–Crippen MR) is 121 cm³/mol. The van der Waals surface area contributed by atoms with Crippen molar-refractivity contribution in [1.29, 1.82) is 0 Å². The molecule has 4 aliphatic rings. The van der Waals surface area contributed by atoms with Gasteiger partial charge in [0.05, 0.1) is 0 Å². The monoisotopic (exact) mass is 350 g/mol. The molecule has 150 valence electrons. The zero-order chi connectivity index (χ0) is 15.6. The van der Waals surface area contributed by atoms with E-state index in [1.165, 1.54) is 103 Å². The van der Waals surface area contributed by atoms with Gasteiger partial charge in [-0.1, -0.05) is 90.8 Å². The minimum Gasteiger partial charge on any atom is -0.0885 e. The molecule has 0 bridgehead atoms. The number of hydrogen-bond acceptors (Lipinski definition) is 0. The predicted octanol–water partition coefficient (Wildman–Crippen LogP) is 9.82. The highest BCUT2D eigenvalue weighted by Crippen LogP contribution is 2.15. The van der Waals surface area contributed by atoms with Crippen molar-refractivity contribution >= 4 is 0 Å². The second kappa shape index (κ2) is 25.5. The first kappa shape index (κ1) is 29.0. The third-order valence-corrected chi connectivity index (χ3v) is 4.47. The summed E-state index contributed by atoms with van der Waals surface area (Å²) in [5.41, 5.74) is 0. The lowest BCUT2D eigenvalue weighted by Gasteiger charge is -2.05. The molecule has 1 fully saturated rings. The second-order valence-corrected chi connectivity index (χ2v) is 6.68. The maximum Gasteiger partial charge on any atom is -0.0348 e. The van der Waals surface area contributed by atoms with Crippen LogP contribution in [0.4, 0.5) is 0 Å². The molecule has 25 heavy (non-hydrogen) atoms. The SMILES string of the molecule is C.C.C.C1=CCCC1.C1=CCCCC1.C1=CCCCCC1.C1CCC1. The third kappa shape index (κ3) is 23.2. The van der Waals surface area contributed by atoms with Crippen molar-refractivity contribution in [3.8, 4) is 0 Å². The minimum atomic E-state index is 0. The molecule has 0 atom stereocenters. The van der Waals surface area contributed by atoms with Crippen LogP contribution in [0, 0.1) is 0 Å². The Kier molecular flexibility index (Phi) is 29.5. The Hall–Kier alpha value is -0.780. The molecule has 1 saturated carbocycles. The first-order chi connectivity index (χ1) is 11.0. The summed E-state index contributed by atoms with van der Waals surface area (Å²) in [6.07, 6.45) is 36.0. The van der Waals surface area contributed by atoms with Gasteiger partial charge >= 0.3 is 0 Å². The second-order valence-electron chi connectivity index (χ2n) is 6.68. The number of rotatable bonds is 0. The summed E-state index contributed by atoms with van der Waals surface area (Å²) < 4.78 is 0. The highest BCUT2D eigenvalue weighted by atomic mass is 14.0. The van der Waals surface area contributed by atoms with Gasteiger partial charge in [-0.25, -0.2) is 0 Å². The summed E-state index contributed by atoms with van der Waals surface area (Å²) in [6, 6.07) is 0. The van der Waals surface area contributed by atoms with Gasteiger partial charge in [-0.2, -0.15) is 0 Å². The van der Waals surface area contributed by atoms with E-state index in [4.69, 9.17) is 0 Å². The number of allylic oxidation sites excluding steroid dienone is 6. The van der Waals surface area contributed by atoms with E-state index >= 15 is 0 Å². The third-order valence-electron chi connectivity index (χ3n) is 4.47. The summed E-state index contributed by atoms with van der Waals surface area (Å²) in [4.78, 5) is 0. The van der Waals surface area contributed by atoms with E-state index in [1.54, 1.807) is 0 Å². The maximum atomic E-state index is 2.30. The summed E-state index contributed by atoms with van der Waals surface area (Å²) in [5, 5.41) is 0. The van der Waals surface area contributed by atoms with E-state index in [0.717, 1.165) is 0 Å². The molecule has 0 heterocycles. The van der Waals surface area contributed by atoms with E-state index in [-0.39, 0.29) is 22.3 Å². The largest absolute Gasteiger partial charge is 0.0885 e. The van der Waals surface area contributed by atoms with Crippen LogP contribution in [-0.4, -0.2) is 0 Å². The van der Waals surface area contributed by atoms with Crippen molar-refractivity contribution in [2.75, 3.05) is 0 Å². The van der Waals surface area contributed by atoms with Gasteiger partial charge in [0.2, 0.25) is 0 Å². The molecule has 0 N–H and O–H groups in total. The van der Waals surface area contributed by atoms with E-state index in [1.807, 2.05) is 0 Å². The molecule has 0 aliphatic heterocycles. The number of hydrogen-bond donors (Lipinski definition) is 0.